The molecular formula is C10H15N3. The first-order valence-corrected chi connectivity index (χ1v) is 4.37. The molecule has 0 aliphatic carbocycles. The Balaban J connectivity index is 3.04. The van der Waals surface area contributed by atoms with Gasteiger partial charge in [0.1, 0.15) is 0 Å². The first kappa shape index (κ1) is 9.82. The smallest absolute Gasteiger partial charge is 0.0806 e. The summed E-state index contributed by atoms with van der Waals surface area (Å²) in [5, 5.41) is 4.34. The van der Waals surface area contributed by atoms with Crippen LogP contribution in [0.5, 0.6) is 0 Å². The highest BCUT2D eigenvalue weighted by molar-refractivity contribution is 5.37. The largest absolute Gasteiger partial charge is 0.320 e. The van der Waals surface area contributed by atoms with Gasteiger partial charge in [-0.3, -0.25) is 4.68 Å². The summed E-state index contributed by atoms with van der Waals surface area (Å²) >= 11 is 0. The van der Waals surface area contributed by atoms with Crippen molar-refractivity contribution in [1.82, 2.24) is 9.78 Å². The highest BCUT2D eigenvalue weighted by Gasteiger charge is 2.08. The summed E-state index contributed by atoms with van der Waals surface area (Å²) < 4.78 is 1.79. The van der Waals surface area contributed by atoms with Gasteiger partial charge >= 0.3 is 0 Å². The van der Waals surface area contributed by atoms with Gasteiger partial charge in [0.15, 0.2) is 0 Å². The molecule has 1 aromatic rings. The number of hydrogen-bond donors (Lipinski definition) is 1. The molecule has 1 rings (SSSR count). The van der Waals surface area contributed by atoms with E-state index in [2.05, 4.69) is 30.8 Å². The van der Waals surface area contributed by atoms with Crippen LogP contribution in [0.2, 0.25) is 0 Å². The standard InChI is InChI=1S/C10H15N3/c1-8(2)10-9(5-4-6-11)7-13(3)12-10/h7-8H,6,11H2,1-3H3. The van der Waals surface area contributed by atoms with Crippen LogP contribution in [-0.4, -0.2) is 16.3 Å². The van der Waals surface area contributed by atoms with Gasteiger partial charge in [0.05, 0.1) is 17.8 Å². The van der Waals surface area contributed by atoms with E-state index < -0.39 is 0 Å². The maximum absolute atomic E-state index is 5.31. The van der Waals surface area contributed by atoms with Crippen LogP contribution in [0.25, 0.3) is 0 Å². The molecule has 0 bridgehead atoms. The molecule has 0 fully saturated rings. The van der Waals surface area contributed by atoms with Crippen molar-refractivity contribution in [3.8, 4) is 11.8 Å². The fraction of sp³-hybridized carbons (Fsp3) is 0.500. The lowest BCUT2D eigenvalue weighted by Crippen LogP contribution is -1.95. The molecule has 0 amide bonds. The van der Waals surface area contributed by atoms with E-state index in [-0.39, 0.29) is 0 Å². The Hall–Kier alpha value is -1.27. The van der Waals surface area contributed by atoms with Crippen molar-refractivity contribution >= 4 is 0 Å². The SMILES string of the molecule is CC(C)c1nn(C)cc1C#CCN. The maximum Gasteiger partial charge on any atom is 0.0806 e. The van der Waals surface area contributed by atoms with E-state index in [1.165, 1.54) is 0 Å². The quantitative estimate of drug-likeness (QED) is 0.646. The fourth-order valence-electron chi connectivity index (χ4n) is 1.17. The Bertz CT molecular complexity index is 339. The summed E-state index contributed by atoms with van der Waals surface area (Å²) in [6, 6.07) is 0. The van der Waals surface area contributed by atoms with Gasteiger partial charge in [-0.25, -0.2) is 0 Å². The summed E-state index contributed by atoms with van der Waals surface area (Å²) in [5.41, 5.74) is 7.34. The summed E-state index contributed by atoms with van der Waals surface area (Å²) in [5.74, 6) is 6.26. The highest BCUT2D eigenvalue weighted by atomic mass is 15.3. The minimum atomic E-state index is 0.395. The van der Waals surface area contributed by atoms with Crippen LogP contribution < -0.4 is 5.73 Å². The molecule has 70 valence electrons. The van der Waals surface area contributed by atoms with Crippen LogP contribution in [0.3, 0.4) is 0 Å². The lowest BCUT2D eigenvalue weighted by molar-refractivity contribution is 0.713. The molecule has 3 heteroatoms. The van der Waals surface area contributed by atoms with Gasteiger partial charge in [0.2, 0.25) is 0 Å². The van der Waals surface area contributed by atoms with E-state index in [1.54, 1.807) is 4.68 Å². The minimum absolute atomic E-state index is 0.395. The molecule has 0 aliphatic heterocycles. The second-order valence-electron chi connectivity index (χ2n) is 3.26. The number of rotatable bonds is 1. The summed E-state index contributed by atoms with van der Waals surface area (Å²) in [7, 11) is 1.90. The minimum Gasteiger partial charge on any atom is -0.320 e. The molecule has 1 heterocycles. The van der Waals surface area contributed by atoms with E-state index >= 15 is 0 Å². The fourth-order valence-corrected chi connectivity index (χ4v) is 1.17. The van der Waals surface area contributed by atoms with E-state index in [0.717, 1.165) is 11.3 Å². The van der Waals surface area contributed by atoms with Crippen molar-refractivity contribution in [2.75, 3.05) is 6.54 Å². The Morgan fingerprint density at radius 1 is 1.62 bits per heavy atom. The summed E-state index contributed by atoms with van der Waals surface area (Å²) in [4.78, 5) is 0. The van der Waals surface area contributed by atoms with Gasteiger partial charge in [-0.15, -0.1) is 0 Å². The number of nitrogens with two attached hydrogens (primary N) is 1. The Kier molecular flexibility index (Phi) is 3.10. The van der Waals surface area contributed by atoms with Gasteiger partial charge in [-0.2, -0.15) is 5.10 Å². The Morgan fingerprint density at radius 3 is 2.85 bits per heavy atom. The van der Waals surface area contributed by atoms with E-state index in [0.29, 0.717) is 12.5 Å². The Labute approximate surface area is 78.9 Å². The molecule has 0 saturated heterocycles. The molecule has 0 atom stereocenters. The molecule has 0 aromatic carbocycles. The normalized spacial score (nSPS) is 9.92. The van der Waals surface area contributed by atoms with E-state index in [1.807, 2.05) is 13.2 Å². The van der Waals surface area contributed by atoms with Crippen LogP contribution >= 0.6 is 0 Å². The van der Waals surface area contributed by atoms with Crippen molar-refractivity contribution in [2.45, 2.75) is 19.8 Å². The Morgan fingerprint density at radius 2 is 2.31 bits per heavy atom. The van der Waals surface area contributed by atoms with Crippen LogP contribution in [0.4, 0.5) is 0 Å². The zero-order valence-corrected chi connectivity index (χ0v) is 8.33. The molecule has 0 spiro atoms. The first-order valence-electron chi connectivity index (χ1n) is 4.37. The van der Waals surface area contributed by atoms with Crippen molar-refractivity contribution in [2.24, 2.45) is 12.8 Å². The molecule has 0 radical (unpaired) electrons. The molecule has 2 N–H and O–H groups in total. The van der Waals surface area contributed by atoms with Crippen LogP contribution in [0, 0.1) is 11.8 Å². The zero-order valence-electron chi connectivity index (χ0n) is 8.33. The van der Waals surface area contributed by atoms with Gasteiger partial charge < -0.3 is 5.73 Å². The van der Waals surface area contributed by atoms with Crippen molar-refractivity contribution in [1.29, 1.82) is 0 Å². The maximum atomic E-state index is 5.31. The molecule has 13 heavy (non-hydrogen) atoms. The average molecular weight is 177 g/mol. The second kappa shape index (κ2) is 4.11. The van der Waals surface area contributed by atoms with Crippen molar-refractivity contribution in [3.05, 3.63) is 17.5 Å². The van der Waals surface area contributed by atoms with Crippen molar-refractivity contribution < 1.29 is 0 Å². The molecule has 1 aromatic heterocycles. The van der Waals surface area contributed by atoms with Crippen LogP contribution in [-0.2, 0) is 7.05 Å². The van der Waals surface area contributed by atoms with Gasteiger partial charge in [-0.05, 0) is 5.92 Å². The first-order chi connectivity index (χ1) is 6.15. The van der Waals surface area contributed by atoms with E-state index in [4.69, 9.17) is 5.73 Å². The highest BCUT2D eigenvalue weighted by Crippen LogP contribution is 2.15. The molecular weight excluding hydrogens is 162 g/mol. The molecule has 0 aliphatic rings. The predicted molar refractivity (Wildman–Crippen MR) is 53.2 cm³/mol. The van der Waals surface area contributed by atoms with E-state index in [9.17, 15) is 0 Å². The third-order valence-electron chi connectivity index (χ3n) is 1.73. The predicted octanol–water partition coefficient (Wildman–Crippen LogP) is 0.854. The van der Waals surface area contributed by atoms with Gasteiger partial charge in [0.25, 0.3) is 0 Å². The number of hydrogen-bond acceptors (Lipinski definition) is 2. The topological polar surface area (TPSA) is 43.8 Å². The average Bonchev–Trinajstić information content (AvgIpc) is 2.43. The number of nitrogens with zero attached hydrogens (tertiary/aromatic N) is 2. The van der Waals surface area contributed by atoms with Crippen LogP contribution in [0.15, 0.2) is 6.20 Å². The number of aryl methyl sites for hydroxylation is 1. The zero-order chi connectivity index (χ0) is 9.84. The second-order valence-corrected chi connectivity index (χ2v) is 3.26. The number of aromatic nitrogens is 2. The lowest BCUT2D eigenvalue weighted by Gasteiger charge is -1.98. The molecule has 0 unspecified atom stereocenters. The lowest BCUT2D eigenvalue weighted by atomic mass is 10.1. The van der Waals surface area contributed by atoms with Gasteiger partial charge in [0, 0.05) is 13.2 Å². The monoisotopic (exact) mass is 177 g/mol. The molecule has 0 saturated carbocycles. The van der Waals surface area contributed by atoms with Crippen molar-refractivity contribution in [3.63, 3.8) is 0 Å². The summed E-state index contributed by atoms with van der Waals surface area (Å²) in [6.45, 7) is 4.61. The summed E-state index contributed by atoms with van der Waals surface area (Å²) in [6.07, 6.45) is 1.93. The van der Waals surface area contributed by atoms with Crippen LogP contribution in [0.1, 0.15) is 31.0 Å². The van der Waals surface area contributed by atoms with Gasteiger partial charge in [-0.1, -0.05) is 25.7 Å². The molecule has 3 nitrogen and oxygen atoms in total. The third kappa shape index (κ3) is 2.33. The third-order valence-corrected chi connectivity index (χ3v) is 1.73.